The third kappa shape index (κ3) is 6.29. The van der Waals surface area contributed by atoms with Crippen LogP contribution in [0.25, 0.3) is 0 Å². The molecule has 0 aliphatic heterocycles. The van der Waals surface area contributed by atoms with E-state index in [2.05, 4.69) is 20.7 Å². The number of benzene rings is 1. The van der Waals surface area contributed by atoms with E-state index in [4.69, 9.17) is 4.74 Å². The Morgan fingerprint density at radius 2 is 1.89 bits per heavy atom. The highest BCUT2D eigenvalue weighted by Crippen LogP contribution is 2.29. The van der Waals surface area contributed by atoms with Crippen LogP contribution in [0.4, 0.5) is 13.2 Å². The largest absolute Gasteiger partial charge is 0.491 e. The summed E-state index contributed by atoms with van der Waals surface area (Å²) in [6, 6.07) is 5.57. The molecule has 0 unspecified atom stereocenters. The van der Waals surface area contributed by atoms with E-state index in [1.807, 2.05) is 26.0 Å². The molecule has 2 nitrogen and oxygen atoms in total. The van der Waals surface area contributed by atoms with Gasteiger partial charge in [0.1, 0.15) is 19.0 Å². The summed E-state index contributed by atoms with van der Waals surface area (Å²) in [7, 11) is 0. The first-order valence-electron chi connectivity index (χ1n) is 5.86. The molecule has 1 aromatic rings. The SMILES string of the molecule is CC(C)c1cc(Br)ccc1OCCOCC(F)(F)F. The first-order valence-corrected chi connectivity index (χ1v) is 6.65. The lowest BCUT2D eigenvalue weighted by molar-refractivity contribution is -0.175. The van der Waals surface area contributed by atoms with Gasteiger partial charge in [0.2, 0.25) is 0 Å². The van der Waals surface area contributed by atoms with E-state index in [1.165, 1.54) is 0 Å². The fourth-order valence-corrected chi connectivity index (χ4v) is 1.88. The lowest BCUT2D eigenvalue weighted by Gasteiger charge is -2.15. The van der Waals surface area contributed by atoms with Crippen molar-refractivity contribution in [2.45, 2.75) is 25.9 Å². The monoisotopic (exact) mass is 340 g/mol. The van der Waals surface area contributed by atoms with Crippen molar-refractivity contribution < 1.29 is 22.6 Å². The summed E-state index contributed by atoms with van der Waals surface area (Å²) in [4.78, 5) is 0. The third-order valence-electron chi connectivity index (χ3n) is 2.34. The van der Waals surface area contributed by atoms with Crippen LogP contribution >= 0.6 is 15.9 Å². The van der Waals surface area contributed by atoms with E-state index >= 15 is 0 Å². The minimum atomic E-state index is -4.29. The van der Waals surface area contributed by atoms with Gasteiger partial charge in [-0.25, -0.2) is 0 Å². The second kappa shape index (κ2) is 7.14. The van der Waals surface area contributed by atoms with Gasteiger partial charge in [-0.15, -0.1) is 0 Å². The highest BCUT2D eigenvalue weighted by Gasteiger charge is 2.27. The van der Waals surface area contributed by atoms with Crippen molar-refractivity contribution in [2.75, 3.05) is 19.8 Å². The van der Waals surface area contributed by atoms with Crippen molar-refractivity contribution in [1.29, 1.82) is 0 Å². The van der Waals surface area contributed by atoms with E-state index in [-0.39, 0.29) is 19.1 Å². The van der Waals surface area contributed by atoms with Crippen LogP contribution in [0.15, 0.2) is 22.7 Å². The van der Waals surface area contributed by atoms with Crippen LogP contribution < -0.4 is 4.74 Å². The predicted molar refractivity (Wildman–Crippen MR) is 70.6 cm³/mol. The highest BCUT2D eigenvalue weighted by molar-refractivity contribution is 9.10. The topological polar surface area (TPSA) is 18.5 Å². The number of hydrogen-bond acceptors (Lipinski definition) is 2. The molecule has 1 aromatic carbocycles. The van der Waals surface area contributed by atoms with E-state index < -0.39 is 12.8 Å². The van der Waals surface area contributed by atoms with Crippen LogP contribution in [0, 0.1) is 0 Å². The van der Waals surface area contributed by atoms with E-state index in [9.17, 15) is 13.2 Å². The zero-order chi connectivity index (χ0) is 14.5. The molecule has 19 heavy (non-hydrogen) atoms. The summed E-state index contributed by atoms with van der Waals surface area (Å²) in [5, 5.41) is 0. The molecular weight excluding hydrogens is 325 g/mol. The van der Waals surface area contributed by atoms with Gasteiger partial charge in [0.15, 0.2) is 0 Å². The number of halogens is 4. The molecule has 0 radical (unpaired) electrons. The van der Waals surface area contributed by atoms with Crippen molar-refractivity contribution >= 4 is 15.9 Å². The van der Waals surface area contributed by atoms with Crippen molar-refractivity contribution in [3.63, 3.8) is 0 Å². The highest BCUT2D eigenvalue weighted by atomic mass is 79.9. The second-order valence-electron chi connectivity index (χ2n) is 4.35. The van der Waals surface area contributed by atoms with Crippen molar-refractivity contribution in [3.05, 3.63) is 28.2 Å². The zero-order valence-corrected chi connectivity index (χ0v) is 12.3. The summed E-state index contributed by atoms with van der Waals surface area (Å²) in [5.74, 6) is 0.942. The average molecular weight is 341 g/mol. The quantitative estimate of drug-likeness (QED) is 0.708. The van der Waals surface area contributed by atoms with Gasteiger partial charge in [-0.05, 0) is 29.7 Å². The summed E-state index contributed by atoms with van der Waals surface area (Å²) < 4.78 is 46.4. The van der Waals surface area contributed by atoms with Crippen LogP contribution in [-0.4, -0.2) is 26.0 Å². The van der Waals surface area contributed by atoms with Crippen LogP contribution in [0.5, 0.6) is 5.75 Å². The Hall–Kier alpha value is -0.750. The molecule has 108 valence electrons. The van der Waals surface area contributed by atoms with Gasteiger partial charge in [-0.3, -0.25) is 0 Å². The van der Waals surface area contributed by atoms with Crippen LogP contribution in [0.1, 0.15) is 25.3 Å². The molecule has 0 aliphatic rings. The van der Waals surface area contributed by atoms with Gasteiger partial charge in [0.05, 0.1) is 6.61 Å². The fraction of sp³-hybridized carbons (Fsp3) is 0.538. The Bertz CT molecular complexity index is 405. The lowest BCUT2D eigenvalue weighted by atomic mass is 10.0. The summed E-state index contributed by atoms with van der Waals surface area (Å²) in [6.45, 7) is 2.81. The van der Waals surface area contributed by atoms with Crippen LogP contribution in [0.3, 0.4) is 0 Å². The molecule has 0 spiro atoms. The first-order chi connectivity index (χ1) is 8.79. The summed E-state index contributed by atoms with van der Waals surface area (Å²) in [6.07, 6.45) is -4.29. The molecule has 0 saturated carbocycles. The van der Waals surface area contributed by atoms with Gasteiger partial charge in [-0.2, -0.15) is 13.2 Å². The lowest BCUT2D eigenvalue weighted by Crippen LogP contribution is -2.19. The molecule has 0 N–H and O–H groups in total. The van der Waals surface area contributed by atoms with E-state index in [0.29, 0.717) is 5.75 Å². The van der Waals surface area contributed by atoms with Crippen molar-refractivity contribution in [3.8, 4) is 5.75 Å². The number of ether oxygens (including phenoxy) is 2. The molecule has 0 aromatic heterocycles. The van der Waals surface area contributed by atoms with Gasteiger partial charge in [0, 0.05) is 4.47 Å². The zero-order valence-electron chi connectivity index (χ0n) is 10.8. The minimum Gasteiger partial charge on any atom is -0.491 e. The smallest absolute Gasteiger partial charge is 0.411 e. The van der Waals surface area contributed by atoms with Crippen molar-refractivity contribution in [2.24, 2.45) is 0 Å². The second-order valence-corrected chi connectivity index (χ2v) is 5.27. The average Bonchev–Trinajstić information content (AvgIpc) is 2.28. The maximum atomic E-state index is 11.8. The fourth-order valence-electron chi connectivity index (χ4n) is 1.50. The Morgan fingerprint density at radius 1 is 1.21 bits per heavy atom. The van der Waals surface area contributed by atoms with Gasteiger partial charge >= 0.3 is 6.18 Å². The molecule has 0 amide bonds. The van der Waals surface area contributed by atoms with Crippen LogP contribution in [0.2, 0.25) is 0 Å². The molecule has 0 fully saturated rings. The molecule has 0 heterocycles. The molecule has 0 saturated heterocycles. The predicted octanol–water partition coefficient (Wildman–Crippen LogP) is 4.53. The van der Waals surface area contributed by atoms with Crippen molar-refractivity contribution in [1.82, 2.24) is 0 Å². The van der Waals surface area contributed by atoms with Gasteiger partial charge in [-0.1, -0.05) is 29.8 Å². The Kier molecular flexibility index (Phi) is 6.13. The molecular formula is C13H16BrF3O2. The number of hydrogen-bond donors (Lipinski definition) is 0. The summed E-state index contributed by atoms with van der Waals surface area (Å²) >= 11 is 3.37. The number of rotatable bonds is 6. The van der Waals surface area contributed by atoms with E-state index in [0.717, 1.165) is 10.0 Å². The molecule has 0 aliphatic carbocycles. The normalized spacial score (nSPS) is 11.9. The Balaban J connectivity index is 2.45. The standard InChI is InChI=1S/C13H16BrF3O2/c1-9(2)11-7-10(14)3-4-12(11)19-6-5-18-8-13(15,16)17/h3-4,7,9H,5-6,8H2,1-2H3. The van der Waals surface area contributed by atoms with Crippen LogP contribution in [-0.2, 0) is 4.74 Å². The maximum absolute atomic E-state index is 11.8. The molecule has 0 atom stereocenters. The van der Waals surface area contributed by atoms with E-state index in [1.54, 1.807) is 6.07 Å². The Labute approximate surface area is 119 Å². The van der Waals surface area contributed by atoms with Gasteiger partial charge in [0.25, 0.3) is 0 Å². The molecule has 6 heteroatoms. The van der Waals surface area contributed by atoms with Gasteiger partial charge < -0.3 is 9.47 Å². The minimum absolute atomic E-state index is 0.0902. The maximum Gasteiger partial charge on any atom is 0.411 e. The number of alkyl halides is 3. The Morgan fingerprint density at radius 3 is 2.47 bits per heavy atom. The molecule has 0 bridgehead atoms. The third-order valence-corrected chi connectivity index (χ3v) is 2.84. The summed E-state index contributed by atoms with van der Waals surface area (Å²) in [5.41, 5.74) is 1.00. The molecule has 1 rings (SSSR count). The first kappa shape index (κ1) is 16.3.